The maximum Gasteiger partial charge on any atom is 0.137 e. The summed E-state index contributed by atoms with van der Waals surface area (Å²) < 4.78 is 11.5. The molecule has 2 aromatic carbocycles. The topological polar surface area (TPSA) is 56.9 Å². The molecule has 1 aromatic heterocycles. The van der Waals surface area contributed by atoms with Crippen molar-refractivity contribution in [3.63, 3.8) is 0 Å². The van der Waals surface area contributed by atoms with E-state index in [1.165, 1.54) is 0 Å². The van der Waals surface area contributed by atoms with Crippen LogP contribution in [0.2, 0.25) is 0 Å². The highest BCUT2D eigenvalue weighted by molar-refractivity contribution is 5.80. The summed E-state index contributed by atoms with van der Waals surface area (Å²) in [6.07, 6.45) is 3.37. The number of aryl methyl sites for hydroxylation is 3. The Morgan fingerprint density at radius 3 is 2.54 bits per heavy atom. The van der Waals surface area contributed by atoms with Gasteiger partial charge in [-0.05, 0) is 56.0 Å². The van der Waals surface area contributed by atoms with E-state index in [0.29, 0.717) is 13.2 Å². The van der Waals surface area contributed by atoms with Crippen molar-refractivity contribution in [1.29, 1.82) is 0 Å². The van der Waals surface area contributed by atoms with Gasteiger partial charge < -0.3 is 14.1 Å². The lowest BCUT2D eigenvalue weighted by molar-refractivity contribution is 0.160. The lowest BCUT2D eigenvalue weighted by Crippen LogP contribution is -2.03. The highest BCUT2D eigenvalue weighted by Gasteiger charge is 2.08. The third-order valence-corrected chi connectivity index (χ3v) is 4.33. The zero-order chi connectivity index (χ0) is 19.8. The van der Waals surface area contributed by atoms with Gasteiger partial charge in [-0.15, -0.1) is 0 Å². The molecule has 0 N–H and O–H groups in total. The third kappa shape index (κ3) is 5.22. The van der Waals surface area contributed by atoms with Gasteiger partial charge in [0.05, 0.1) is 12.8 Å². The van der Waals surface area contributed by atoms with E-state index in [1.54, 1.807) is 6.21 Å². The van der Waals surface area contributed by atoms with Crippen LogP contribution in [0.5, 0.6) is 5.75 Å². The molecule has 146 valence electrons. The van der Waals surface area contributed by atoms with Crippen LogP contribution in [0.1, 0.15) is 35.8 Å². The Morgan fingerprint density at radius 1 is 1.07 bits per heavy atom. The molecule has 0 saturated heterocycles. The van der Waals surface area contributed by atoms with Crippen LogP contribution in [0, 0.1) is 13.8 Å². The number of rotatable bonds is 9. The van der Waals surface area contributed by atoms with Gasteiger partial charge in [0.2, 0.25) is 0 Å². The van der Waals surface area contributed by atoms with Gasteiger partial charge in [0.25, 0.3) is 0 Å². The number of aromatic nitrogens is 1. The van der Waals surface area contributed by atoms with Crippen LogP contribution < -0.4 is 4.74 Å². The second-order valence-corrected chi connectivity index (χ2v) is 6.63. The van der Waals surface area contributed by atoms with Crippen LogP contribution in [0.3, 0.4) is 0 Å². The van der Waals surface area contributed by atoms with Crippen LogP contribution in [0.4, 0.5) is 0 Å². The van der Waals surface area contributed by atoms with Gasteiger partial charge >= 0.3 is 0 Å². The zero-order valence-corrected chi connectivity index (χ0v) is 16.6. The summed E-state index contributed by atoms with van der Waals surface area (Å²) in [6.45, 7) is 7.18. The molecule has 0 aliphatic carbocycles. The van der Waals surface area contributed by atoms with Crippen LogP contribution in [0.15, 0.2) is 58.2 Å². The molecule has 0 bridgehead atoms. The number of oxime groups is 1. The molecule has 0 atom stereocenters. The van der Waals surface area contributed by atoms with Crippen molar-refractivity contribution in [2.24, 2.45) is 5.16 Å². The van der Waals surface area contributed by atoms with Gasteiger partial charge in [0.1, 0.15) is 23.8 Å². The summed E-state index contributed by atoms with van der Waals surface area (Å²) in [5, 5.41) is 8.08. The molecule has 0 spiro atoms. The lowest BCUT2D eigenvalue weighted by Gasteiger charge is -2.12. The minimum Gasteiger partial charge on any atom is -0.493 e. The fraction of sp³-hybridized carbons (Fsp3) is 0.304. The Labute approximate surface area is 166 Å². The average Bonchev–Trinajstić information content (AvgIpc) is 3.17. The van der Waals surface area contributed by atoms with E-state index in [0.717, 1.165) is 52.3 Å². The number of hydrogen-bond acceptors (Lipinski definition) is 5. The van der Waals surface area contributed by atoms with Crippen molar-refractivity contribution in [2.75, 3.05) is 13.2 Å². The van der Waals surface area contributed by atoms with Crippen LogP contribution in [0.25, 0.3) is 11.3 Å². The quantitative estimate of drug-likeness (QED) is 0.286. The normalized spacial score (nSPS) is 11.1. The van der Waals surface area contributed by atoms with E-state index < -0.39 is 0 Å². The number of benzene rings is 2. The van der Waals surface area contributed by atoms with E-state index in [9.17, 15) is 0 Å². The Kier molecular flexibility index (Phi) is 6.84. The molecular weight excluding hydrogens is 352 g/mol. The third-order valence-electron chi connectivity index (χ3n) is 4.33. The minimum atomic E-state index is 0.563. The Morgan fingerprint density at radius 2 is 1.82 bits per heavy atom. The van der Waals surface area contributed by atoms with Crippen molar-refractivity contribution in [3.8, 4) is 17.0 Å². The van der Waals surface area contributed by atoms with Crippen LogP contribution in [-0.4, -0.2) is 24.6 Å². The molecule has 0 radical (unpaired) electrons. The predicted molar refractivity (Wildman–Crippen MR) is 111 cm³/mol. The maximum absolute atomic E-state index is 6.02. The van der Waals surface area contributed by atoms with E-state index in [4.69, 9.17) is 14.1 Å². The molecule has 0 amide bonds. The molecule has 28 heavy (non-hydrogen) atoms. The van der Waals surface area contributed by atoms with Crippen molar-refractivity contribution in [1.82, 2.24) is 5.16 Å². The zero-order valence-electron chi connectivity index (χ0n) is 16.6. The van der Waals surface area contributed by atoms with E-state index >= 15 is 0 Å². The first kappa shape index (κ1) is 19.7. The smallest absolute Gasteiger partial charge is 0.137 e. The average molecular weight is 378 g/mol. The second kappa shape index (κ2) is 9.74. The monoisotopic (exact) mass is 378 g/mol. The molecule has 1 heterocycles. The Hall–Kier alpha value is -3.08. The van der Waals surface area contributed by atoms with Gasteiger partial charge in [-0.3, -0.25) is 0 Å². The molecule has 0 saturated carbocycles. The Bertz CT molecular complexity index is 894. The van der Waals surface area contributed by atoms with Gasteiger partial charge in [0.15, 0.2) is 0 Å². The van der Waals surface area contributed by atoms with Crippen LogP contribution in [-0.2, 0) is 11.3 Å². The summed E-state index contributed by atoms with van der Waals surface area (Å²) in [5.41, 5.74) is 5.11. The first-order valence-corrected chi connectivity index (χ1v) is 9.57. The number of ether oxygens (including phenoxy) is 1. The Balaban J connectivity index is 1.52. The molecule has 3 rings (SSSR count). The lowest BCUT2D eigenvalue weighted by atomic mass is 10.1. The fourth-order valence-corrected chi connectivity index (χ4v) is 3.06. The molecule has 5 heteroatoms. The fourth-order valence-electron chi connectivity index (χ4n) is 3.06. The molecule has 0 fully saturated rings. The summed E-state index contributed by atoms with van der Waals surface area (Å²) in [4.78, 5) is 5.02. The number of hydrogen-bond donors (Lipinski definition) is 0. The maximum atomic E-state index is 6.02. The van der Waals surface area contributed by atoms with E-state index in [2.05, 4.69) is 10.3 Å². The number of nitrogens with zero attached hydrogens (tertiary/aromatic N) is 2. The molecular formula is C23H26N2O3. The standard InChI is InChI=1S/C23H26N2O3/c1-4-27-24-16-19-13-17(2)23(18(3)14-19)26-12-8-11-21-15-22(25-28-21)20-9-6-5-7-10-20/h5-7,9-10,13-16H,4,8,11-12H2,1-3H3/b24-16+. The van der Waals surface area contributed by atoms with Gasteiger partial charge in [-0.1, -0.05) is 40.6 Å². The molecule has 5 nitrogen and oxygen atoms in total. The summed E-state index contributed by atoms with van der Waals surface area (Å²) in [7, 11) is 0. The SMILES string of the molecule is CCO/N=C/c1cc(C)c(OCCCc2cc(-c3ccccc3)no2)c(C)c1. The highest BCUT2D eigenvalue weighted by Crippen LogP contribution is 2.25. The van der Waals surface area contributed by atoms with E-state index in [1.807, 2.05) is 69.3 Å². The summed E-state index contributed by atoms with van der Waals surface area (Å²) in [5.74, 6) is 1.80. The predicted octanol–water partition coefficient (Wildman–Crippen LogP) is 5.34. The van der Waals surface area contributed by atoms with Crippen LogP contribution >= 0.6 is 0 Å². The summed E-state index contributed by atoms with van der Waals surface area (Å²) in [6, 6.07) is 16.1. The summed E-state index contributed by atoms with van der Waals surface area (Å²) >= 11 is 0. The molecule has 3 aromatic rings. The van der Waals surface area contributed by atoms with Gasteiger partial charge in [0, 0.05) is 18.1 Å². The van der Waals surface area contributed by atoms with E-state index in [-0.39, 0.29) is 0 Å². The molecule has 0 aliphatic heterocycles. The van der Waals surface area contributed by atoms with Gasteiger partial charge in [-0.25, -0.2) is 0 Å². The first-order chi connectivity index (χ1) is 13.7. The van der Waals surface area contributed by atoms with Crippen molar-refractivity contribution in [2.45, 2.75) is 33.6 Å². The minimum absolute atomic E-state index is 0.563. The van der Waals surface area contributed by atoms with Crippen molar-refractivity contribution >= 4 is 6.21 Å². The second-order valence-electron chi connectivity index (χ2n) is 6.63. The highest BCUT2D eigenvalue weighted by atomic mass is 16.6. The molecule has 0 unspecified atom stereocenters. The van der Waals surface area contributed by atoms with Crippen molar-refractivity contribution < 1.29 is 14.1 Å². The molecule has 0 aliphatic rings. The van der Waals surface area contributed by atoms with Crippen molar-refractivity contribution in [3.05, 3.63) is 71.0 Å². The van der Waals surface area contributed by atoms with Gasteiger partial charge in [-0.2, -0.15) is 0 Å². The largest absolute Gasteiger partial charge is 0.493 e. The first-order valence-electron chi connectivity index (χ1n) is 9.57.